The topological polar surface area (TPSA) is 80.1 Å². The number of hydrazine groups is 1. The molecule has 4 aliphatic rings. The van der Waals surface area contributed by atoms with E-state index in [-0.39, 0.29) is 11.6 Å². The fraction of sp³-hybridized carbons (Fsp3) is 0.667. The van der Waals surface area contributed by atoms with Crippen molar-refractivity contribution in [3.8, 4) is 0 Å². The van der Waals surface area contributed by atoms with Gasteiger partial charge in [0, 0.05) is 38.4 Å². The molecule has 0 aromatic carbocycles. The van der Waals surface area contributed by atoms with Gasteiger partial charge in [0.05, 0.1) is 30.1 Å². The number of morpholine rings is 1. The van der Waals surface area contributed by atoms with Crippen LogP contribution in [-0.4, -0.2) is 51.1 Å². The highest BCUT2D eigenvalue weighted by atomic mass is 16.5. The molecular weight excluding hydrogens is 366 g/mol. The molecule has 0 bridgehead atoms. The van der Waals surface area contributed by atoms with Crippen LogP contribution in [0.2, 0.25) is 0 Å². The monoisotopic (exact) mass is 395 g/mol. The summed E-state index contributed by atoms with van der Waals surface area (Å²) < 4.78 is 7.88. The number of aromatic nitrogens is 4. The first kappa shape index (κ1) is 17.8. The third-order valence-corrected chi connectivity index (χ3v) is 7.32. The second kappa shape index (κ2) is 6.75. The first-order valence-electron chi connectivity index (χ1n) is 10.9. The third kappa shape index (κ3) is 3.23. The van der Waals surface area contributed by atoms with Crippen molar-refractivity contribution in [2.24, 2.45) is 13.0 Å². The van der Waals surface area contributed by atoms with Gasteiger partial charge in [0.25, 0.3) is 0 Å². The van der Waals surface area contributed by atoms with Gasteiger partial charge >= 0.3 is 0 Å². The highest BCUT2D eigenvalue weighted by molar-refractivity contribution is 5.42. The average molecular weight is 396 g/mol. The van der Waals surface area contributed by atoms with Gasteiger partial charge in [-0.25, -0.2) is 15.4 Å². The van der Waals surface area contributed by atoms with Crippen molar-refractivity contribution < 1.29 is 4.74 Å². The highest BCUT2D eigenvalue weighted by Crippen LogP contribution is 2.45. The molecule has 0 radical (unpaired) electrons. The summed E-state index contributed by atoms with van der Waals surface area (Å²) in [5.74, 6) is 2.13. The van der Waals surface area contributed by atoms with Gasteiger partial charge in [-0.2, -0.15) is 5.10 Å². The molecule has 2 aromatic heterocycles. The van der Waals surface area contributed by atoms with Crippen molar-refractivity contribution in [1.82, 2.24) is 30.6 Å². The molecule has 4 fully saturated rings. The van der Waals surface area contributed by atoms with Crippen LogP contribution < -0.4 is 15.8 Å². The van der Waals surface area contributed by atoms with Crippen LogP contribution in [0.5, 0.6) is 0 Å². The van der Waals surface area contributed by atoms with Crippen LogP contribution in [0.4, 0.5) is 5.82 Å². The number of ether oxygens (including phenoxy) is 1. The summed E-state index contributed by atoms with van der Waals surface area (Å²) in [6.07, 6.45) is 11.8. The number of aryl methyl sites for hydroxylation is 1. The number of anilines is 1. The van der Waals surface area contributed by atoms with Gasteiger partial charge < -0.3 is 9.64 Å². The minimum Gasteiger partial charge on any atom is -0.371 e. The van der Waals surface area contributed by atoms with Gasteiger partial charge in [0.2, 0.25) is 0 Å². The molecule has 154 valence electrons. The summed E-state index contributed by atoms with van der Waals surface area (Å²) in [5.41, 5.74) is 9.65. The number of hydrogen-bond donors (Lipinski definition) is 2. The standard InChI is InChI=1S/C21H29N7O/c1-27-11-15(10-24-27)14-2-3-17-16(8-14)20(26-25-17)18-9-19(23-13-22-18)28-6-7-29-21(12-28)4-5-21/h9-11,13-14,16-17,20,25-26H,2-8,12H2,1H3. The van der Waals surface area contributed by atoms with E-state index in [9.17, 15) is 0 Å². The molecule has 2 N–H and O–H groups in total. The van der Waals surface area contributed by atoms with E-state index >= 15 is 0 Å². The van der Waals surface area contributed by atoms with Gasteiger partial charge in [0.15, 0.2) is 0 Å². The van der Waals surface area contributed by atoms with Gasteiger partial charge in [-0.15, -0.1) is 0 Å². The van der Waals surface area contributed by atoms with E-state index in [0.29, 0.717) is 17.9 Å². The highest BCUT2D eigenvalue weighted by Gasteiger charge is 2.48. The summed E-state index contributed by atoms with van der Waals surface area (Å²) in [6, 6.07) is 2.91. The molecule has 6 rings (SSSR count). The fourth-order valence-corrected chi connectivity index (χ4v) is 5.49. The molecule has 2 saturated heterocycles. The predicted octanol–water partition coefficient (Wildman–Crippen LogP) is 1.68. The maximum Gasteiger partial charge on any atom is 0.132 e. The Balaban J connectivity index is 1.22. The van der Waals surface area contributed by atoms with E-state index < -0.39 is 0 Å². The van der Waals surface area contributed by atoms with E-state index in [1.807, 2.05) is 17.9 Å². The Morgan fingerprint density at radius 1 is 1.21 bits per heavy atom. The third-order valence-electron chi connectivity index (χ3n) is 7.32. The Morgan fingerprint density at radius 2 is 2.14 bits per heavy atom. The lowest BCUT2D eigenvalue weighted by Gasteiger charge is -2.35. The normalized spacial score (nSPS) is 33.1. The maximum atomic E-state index is 5.97. The van der Waals surface area contributed by atoms with Crippen LogP contribution in [0, 0.1) is 5.92 Å². The summed E-state index contributed by atoms with van der Waals surface area (Å²) in [7, 11) is 2.00. The SMILES string of the molecule is Cn1cc(C2CCC3NNC(c4cc(N5CCOC6(CC6)C5)ncn4)C3C2)cn1. The van der Waals surface area contributed by atoms with E-state index in [4.69, 9.17) is 4.74 Å². The Labute approximate surface area is 171 Å². The molecule has 8 heteroatoms. The zero-order valence-corrected chi connectivity index (χ0v) is 16.9. The largest absolute Gasteiger partial charge is 0.371 e. The van der Waals surface area contributed by atoms with Gasteiger partial charge in [0.1, 0.15) is 12.1 Å². The molecule has 2 saturated carbocycles. The number of rotatable bonds is 3. The molecule has 0 amide bonds. The Morgan fingerprint density at radius 3 is 2.97 bits per heavy atom. The van der Waals surface area contributed by atoms with Crippen molar-refractivity contribution in [3.05, 3.63) is 36.0 Å². The molecule has 2 aliphatic heterocycles. The van der Waals surface area contributed by atoms with Gasteiger partial charge in [-0.3, -0.25) is 10.1 Å². The minimum atomic E-state index is 0.0991. The lowest BCUT2D eigenvalue weighted by atomic mass is 9.73. The summed E-state index contributed by atoms with van der Waals surface area (Å²) in [6.45, 7) is 2.65. The second-order valence-electron chi connectivity index (χ2n) is 9.25. The lowest BCUT2D eigenvalue weighted by Crippen LogP contribution is -2.44. The summed E-state index contributed by atoms with van der Waals surface area (Å²) >= 11 is 0. The van der Waals surface area contributed by atoms with E-state index in [1.54, 1.807) is 6.33 Å². The number of nitrogens with one attached hydrogen (secondary N) is 2. The molecule has 8 nitrogen and oxygen atoms in total. The smallest absolute Gasteiger partial charge is 0.132 e. The van der Waals surface area contributed by atoms with E-state index in [2.05, 4.69) is 43.1 Å². The lowest BCUT2D eigenvalue weighted by molar-refractivity contribution is 0.0203. The van der Waals surface area contributed by atoms with E-state index in [1.165, 1.54) is 31.2 Å². The fourth-order valence-electron chi connectivity index (χ4n) is 5.49. The molecule has 2 aromatic rings. The molecular formula is C21H29N7O. The molecule has 29 heavy (non-hydrogen) atoms. The second-order valence-corrected chi connectivity index (χ2v) is 9.25. The zero-order chi connectivity index (χ0) is 19.4. The number of fused-ring (bicyclic) bond motifs is 1. The van der Waals surface area contributed by atoms with Crippen LogP contribution in [0.25, 0.3) is 0 Å². The molecule has 4 heterocycles. The first-order valence-corrected chi connectivity index (χ1v) is 10.9. The molecule has 4 unspecified atom stereocenters. The number of nitrogens with zero attached hydrogens (tertiary/aromatic N) is 5. The van der Waals surface area contributed by atoms with Crippen molar-refractivity contribution in [2.75, 3.05) is 24.6 Å². The maximum absolute atomic E-state index is 5.97. The molecule has 1 spiro atoms. The number of hydrogen-bond acceptors (Lipinski definition) is 7. The van der Waals surface area contributed by atoms with Gasteiger partial charge in [-0.1, -0.05) is 0 Å². The zero-order valence-electron chi connectivity index (χ0n) is 16.9. The van der Waals surface area contributed by atoms with Crippen molar-refractivity contribution >= 4 is 5.82 Å². The Hall–Kier alpha value is -2.03. The summed E-state index contributed by atoms with van der Waals surface area (Å²) in [4.78, 5) is 11.6. The van der Waals surface area contributed by atoms with Crippen molar-refractivity contribution in [1.29, 1.82) is 0 Å². The Kier molecular flexibility index (Phi) is 4.14. The predicted molar refractivity (Wildman–Crippen MR) is 108 cm³/mol. The van der Waals surface area contributed by atoms with Crippen LogP contribution in [0.3, 0.4) is 0 Å². The first-order chi connectivity index (χ1) is 14.2. The summed E-state index contributed by atoms with van der Waals surface area (Å²) in [5, 5.41) is 4.38. The van der Waals surface area contributed by atoms with Crippen LogP contribution in [0.15, 0.2) is 24.8 Å². The average Bonchev–Trinajstić information content (AvgIpc) is 3.15. The van der Waals surface area contributed by atoms with Crippen LogP contribution in [0.1, 0.15) is 55.3 Å². The van der Waals surface area contributed by atoms with Crippen molar-refractivity contribution in [2.45, 2.75) is 55.7 Å². The van der Waals surface area contributed by atoms with Crippen LogP contribution >= 0.6 is 0 Å². The van der Waals surface area contributed by atoms with Crippen LogP contribution in [-0.2, 0) is 11.8 Å². The van der Waals surface area contributed by atoms with E-state index in [0.717, 1.165) is 37.6 Å². The minimum absolute atomic E-state index is 0.0991. The molecule has 2 aliphatic carbocycles. The van der Waals surface area contributed by atoms with Gasteiger partial charge in [-0.05, 0) is 49.5 Å². The molecule has 4 atom stereocenters. The quantitative estimate of drug-likeness (QED) is 0.818. The Bertz CT molecular complexity index is 895. The van der Waals surface area contributed by atoms with Crippen molar-refractivity contribution in [3.63, 3.8) is 0 Å².